The van der Waals surface area contributed by atoms with E-state index in [1.807, 2.05) is 18.2 Å². The van der Waals surface area contributed by atoms with Crippen molar-refractivity contribution in [3.8, 4) is 0 Å². The Labute approximate surface area is 87.1 Å². The van der Waals surface area contributed by atoms with Crippen LogP contribution in [0.5, 0.6) is 0 Å². The topological polar surface area (TPSA) is 64.4 Å². The summed E-state index contributed by atoms with van der Waals surface area (Å²) < 4.78 is 1.80. The third kappa shape index (κ3) is 2.49. The minimum Gasteiger partial charge on any atom is -0.370 e. The van der Waals surface area contributed by atoms with Crippen LogP contribution in [0.1, 0.15) is 0 Å². The second-order valence-electron chi connectivity index (χ2n) is 2.13. The molecule has 0 spiro atoms. The van der Waals surface area contributed by atoms with E-state index in [0.29, 0.717) is 5.69 Å². The molecule has 12 heavy (non-hydrogen) atoms. The predicted octanol–water partition coefficient (Wildman–Crippen LogP) is 2.12. The maximum atomic E-state index is 5.24. The summed E-state index contributed by atoms with van der Waals surface area (Å²) in [4.78, 5) is 3.92. The minimum absolute atomic E-state index is 0.0498. The van der Waals surface area contributed by atoms with Gasteiger partial charge in [-0.2, -0.15) is 0 Å². The second-order valence-corrected chi connectivity index (χ2v) is 3.90. The number of guanidine groups is 1. The highest BCUT2D eigenvalue weighted by Gasteiger charge is 1.98. The van der Waals surface area contributed by atoms with Crippen molar-refractivity contribution in [2.45, 2.75) is 0 Å². The second kappa shape index (κ2) is 3.91. The quantitative estimate of drug-likeness (QED) is 0.615. The fourth-order valence-electron chi connectivity index (χ4n) is 0.711. The van der Waals surface area contributed by atoms with Gasteiger partial charge in [-0.3, -0.25) is 0 Å². The lowest BCUT2D eigenvalue weighted by molar-refractivity contribution is 1.40. The molecule has 0 aliphatic rings. The molecule has 0 aliphatic carbocycles. The maximum Gasteiger partial charge on any atom is 0.191 e. The lowest BCUT2D eigenvalue weighted by Gasteiger charge is -1.98. The van der Waals surface area contributed by atoms with Crippen LogP contribution in [0.25, 0.3) is 0 Å². The molecule has 0 aromatic heterocycles. The molecule has 0 amide bonds. The molecule has 0 fully saturated rings. The van der Waals surface area contributed by atoms with Crippen molar-refractivity contribution < 1.29 is 0 Å². The highest BCUT2D eigenvalue weighted by molar-refractivity contribution is 9.11. The summed E-state index contributed by atoms with van der Waals surface area (Å²) in [5.41, 5.74) is 11.2. The Morgan fingerprint density at radius 3 is 2.50 bits per heavy atom. The van der Waals surface area contributed by atoms with E-state index in [-0.39, 0.29) is 5.96 Å². The van der Waals surface area contributed by atoms with Crippen molar-refractivity contribution in [3.05, 3.63) is 27.1 Å². The van der Waals surface area contributed by atoms with E-state index >= 15 is 0 Å². The van der Waals surface area contributed by atoms with Gasteiger partial charge < -0.3 is 11.5 Å². The molecule has 1 aromatic rings. The van der Waals surface area contributed by atoms with Gasteiger partial charge in [0.1, 0.15) is 0 Å². The summed E-state index contributed by atoms with van der Waals surface area (Å²) >= 11 is 6.63. The molecular formula is C7H7Br2N3. The van der Waals surface area contributed by atoms with Crippen LogP contribution in [-0.4, -0.2) is 5.96 Å². The molecule has 0 radical (unpaired) electrons. The molecular weight excluding hydrogens is 286 g/mol. The van der Waals surface area contributed by atoms with Crippen molar-refractivity contribution in [1.29, 1.82) is 0 Å². The molecule has 0 saturated carbocycles. The van der Waals surface area contributed by atoms with Crippen molar-refractivity contribution in [3.63, 3.8) is 0 Å². The highest BCUT2D eigenvalue weighted by atomic mass is 79.9. The van der Waals surface area contributed by atoms with E-state index < -0.39 is 0 Å². The van der Waals surface area contributed by atoms with Crippen LogP contribution >= 0.6 is 31.9 Å². The average Bonchev–Trinajstić information content (AvgIpc) is 1.96. The first-order chi connectivity index (χ1) is 5.59. The minimum atomic E-state index is 0.0498. The van der Waals surface area contributed by atoms with Crippen molar-refractivity contribution in [1.82, 2.24) is 0 Å². The van der Waals surface area contributed by atoms with Crippen LogP contribution in [0.15, 0.2) is 32.1 Å². The van der Waals surface area contributed by atoms with E-state index in [2.05, 4.69) is 36.9 Å². The fourth-order valence-corrected chi connectivity index (χ4v) is 1.39. The SMILES string of the molecule is NC(N)=Nc1cc(Br)ccc1Br. The predicted molar refractivity (Wildman–Crippen MR) is 57.3 cm³/mol. The van der Waals surface area contributed by atoms with Gasteiger partial charge in [0.15, 0.2) is 5.96 Å². The summed E-state index contributed by atoms with van der Waals surface area (Å²) in [6.07, 6.45) is 0. The molecule has 5 heteroatoms. The zero-order valence-electron chi connectivity index (χ0n) is 6.09. The van der Waals surface area contributed by atoms with Crippen LogP contribution in [0.4, 0.5) is 5.69 Å². The van der Waals surface area contributed by atoms with Crippen molar-refractivity contribution >= 4 is 43.5 Å². The fraction of sp³-hybridized carbons (Fsp3) is 0. The number of benzene rings is 1. The van der Waals surface area contributed by atoms with Gasteiger partial charge in [-0.05, 0) is 34.1 Å². The molecule has 0 unspecified atom stereocenters. The Kier molecular flexibility index (Phi) is 3.11. The number of nitrogens with two attached hydrogens (primary N) is 2. The van der Waals surface area contributed by atoms with Gasteiger partial charge in [0.05, 0.1) is 5.69 Å². The van der Waals surface area contributed by atoms with Crippen molar-refractivity contribution in [2.75, 3.05) is 0 Å². The van der Waals surface area contributed by atoms with Gasteiger partial charge in [-0.1, -0.05) is 15.9 Å². The first-order valence-corrected chi connectivity index (χ1v) is 4.73. The Morgan fingerprint density at radius 1 is 1.25 bits per heavy atom. The molecule has 1 rings (SSSR count). The number of nitrogens with zero attached hydrogens (tertiary/aromatic N) is 1. The molecule has 0 bridgehead atoms. The first-order valence-electron chi connectivity index (χ1n) is 3.14. The largest absolute Gasteiger partial charge is 0.370 e. The molecule has 4 N–H and O–H groups in total. The van der Waals surface area contributed by atoms with Crippen LogP contribution in [0, 0.1) is 0 Å². The molecule has 1 aromatic carbocycles. The number of hydrogen-bond acceptors (Lipinski definition) is 1. The Morgan fingerprint density at radius 2 is 1.92 bits per heavy atom. The standard InChI is InChI=1S/C7H7Br2N3/c8-4-1-2-5(9)6(3-4)12-7(10)11/h1-3H,(H4,10,11,12). The number of aliphatic imine (C=N–C) groups is 1. The van der Waals surface area contributed by atoms with Gasteiger partial charge in [0.25, 0.3) is 0 Å². The summed E-state index contributed by atoms with van der Waals surface area (Å²) in [7, 11) is 0. The molecule has 0 saturated heterocycles. The monoisotopic (exact) mass is 291 g/mol. The summed E-state index contributed by atoms with van der Waals surface area (Å²) in [5, 5.41) is 0. The Bertz CT molecular complexity index is 318. The number of rotatable bonds is 1. The van der Waals surface area contributed by atoms with Gasteiger partial charge in [0, 0.05) is 8.95 Å². The summed E-state index contributed by atoms with van der Waals surface area (Å²) in [6, 6.07) is 5.59. The summed E-state index contributed by atoms with van der Waals surface area (Å²) in [6.45, 7) is 0. The van der Waals surface area contributed by atoms with Gasteiger partial charge in [-0.25, -0.2) is 4.99 Å². The first kappa shape index (κ1) is 9.54. The lowest BCUT2D eigenvalue weighted by atomic mass is 10.3. The smallest absolute Gasteiger partial charge is 0.191 e. The van der Waals surface area contributed by atoms with E-state index in [1.165, 1.54) is 0 Å². The molecule has 3 nitrogen and oxygen atoms in total. The molecule has 0 aliphatic heterocycles. The van der Waals surface area contributed by atoms with Gasteiger partial charge >= 0.3 is 0 Å². The third-order valence-corrected chi connectivity index (χ3v) is 2.32. The van der Waals surface area contributed by atoms with Crippen molar-refractivity contribution in [2.24, 2.45) is 16.5 Å². The van der Waals surface area contributed by atoms with Crippen LogP contribution in [0.2, 0.25) is 0 Å². The van der Waals surface area contributed by atoms with E-state index in [9.17, 15) is 0 Å². The average molecular weight is 293 g/mol. The Hall–Kier alpha value is -0.550. The van der Waals surface area contributed by atoms with E-state index in [0.717, 1.165) is 8.95 Å². The van der Waals surface area contributed by atoms with Gasteiger partial charge in [-0.15, -0.1) is 0 Å². The molecule has 0 atom stereocenters. The van der Waals surface area contributed by atoms with Crippen LogP contribution in [-0.2, 0) is 0 Å². The number of halogens is 2. The number of hydrogen-bond donors (Lipinski definition) is 2. The van der Waals surface area contributed by atoms with Gasteiger partial charge in [0.2, 0.25) is 0 Å². The lowest BCUT2D eigenvalue weighted by Crippen LogP contribution is -2.21. The third-order valence-electron chi connectivity index (χ3n) is 1.16. The van der Waals surface area contributed by atoms with Crippen LogP contribution in [0.3, 0.4) is 0 Å². The maximum absolute atomic E-state index is 5.24. The van der Waals surface area contributed by atoms with Crippen LogP contribution < -0.4 is 11.5 Å². The normalized spacial score (nSPS) is 9.50. The zero-order valence-corrected chi connectivity index (χ0v) is 9.26. The highest BCUT2D eigenvalue weighted by Crippen LogP contribution is 2.28. The molecule has 64 valence electrons. The van der Waals surface area contributed by atoms with E-state index in [1.54, 1.807) is 0 Å². The Balaban J connectivity index is 3.14. The molecule has 0 heterocycles. The summed E-state index contributed by atoms with van der Waals surface area (Å²) in [5.74, 6) is 0.0498. The van der Waals surface area contributed by atoms with E-state index in [4.69, 9.17) is 11.5 Å². The zero-order chi connectivity index (χ0) is 9.14.